The SMILES string of the molecule is COCc1c(C(=O)N2CCN3CCN(C)CC3C2)noc1C. The number of fused-ring (bicyclic) bond motifs is 1. The lowest BCUT2D eigenvalue weighted by Crippen LogP contribution is -2.62. The minimum absolute atomic E-state index is 0.0447. The van der Waals surface area contributed by atoms with Crippen molar-refractivity contribution < 1.29 is 14.1 Å². The van der Waals surface area contributed by atoms with E-state index in [1.165, 1.54) is 0 Å². The van der Waals surface area contributed by atoms with Crippen LogP contribution in [0.15, 0.2) is 4.52 Å². The fourth-order valence-corrected chi connectivity index (χ4v) is 3.32. The molecule has 2 aliphatic heterocycles. The van der Waals surface area contributed by atoms with Gasteiger partial charge in [0.25, 0.3) is 5.91 Å². The summed E-state index contributed by atoms with van der Waals surface area (Å²) in [5.74, 6) is 0.609. The molecule has 0 saturated carbocycles. The summed E-state index contributed by atoms with van der Waals surface area (Å²) in [5, 5.41) is 3.96. The lowest BCUT2D eigenvalue weighted by Gasteiger charge is -2.46. The maximum Gasteiger partial charge on any atom is 0.276 e. The van der Waals surface area contributed by atoms with Crippen LogP contribution in [0.5, 0.6) is 0 Å². The predicted molar refractivity (Wildman–Crippen MR) is 80.7 cm³/mol. The molecular formula is C15H24N4O3. The van der Waals surface area contributed by atoms with Crippen LogP contribution in [-0.2, 0) is 11.3 Å². The number of carbonyl (C=O) groups is 1. The molecule has 2 fully saturated rings. The molecule has 0 aliphatic carbocycles. The third-order valence-electron chi connectivity index (χ3n) is 4.66. The van der Waals surface area contributed by atoms with Crippen molar-refractivity contribution in [1.82, 2.24) is 19.9 Å². The molecule has 122 valence electrons. The molecule has 7 nitrogen and oxygen atoms in total. The molecule has 1 aromatic rings. The van der Waals surface area contributed by atoms with Gasteiger partial charge in [-0.1, -0.05) is 5.16 Å². The molecule has 3 heterocycles. The summed E-state index contributed by atoms with van der Waals surface area (Å²) in [5.41, 5.74) is 1.16. The van der Waals surface area contributed by atoms with Crippen molar-refractivity contribution in [3.05, 3.63) is 17.0 Å². The number of aryl methyl sites for hydroxylation is 1. The van der Waals surface area contributed by atoms with E-state index in [2.05, 4.69) is 22.0 Å². The van der Waals surface area contributed by atoms with Gasteiger partial charge in [-0.05, 0) is 14.0 Å². The number of methoxy groups -OCH3 is 1. The lowest BCUT2D eigenvalue weighted by atomic mass is 10.1. The maximum atomic E-state index is 12.8. The second-order valence-electron chi connectivity index (χ2n) is 6.20. The van der Waals surface area contributed by atoms with E-state index in [9.17, 15) is 4.79 Å². The molecule has 1 atom stereocenters. The summed E-state index contributed by atoms with van der Waals surface area (Å²) in [4.78, 5) is 19.5. The Hall–Kier alpha value is -1.44. The van der Waals surface area contributed by atoms with Crippen molar-refractivity contribution in [1.29, 1.82) is 0 Å². The van der Waals surface area contributed by atoms with Crippen molar-refractivity contribution in [2.24, 2.45) is 0 Å². The quantitative estimate of drug-likeness (QED) is 0.795. The highest BCUT2D eigenvalue weighted by Gasteiger charge is 2.34. The molecule has 0 bridgehead atoms. The van der Waals surface area contributed by atoms with Crippen molar-refractivity contribution >= 4 is 5.91 Å². The summed E-state index contributed by atoms with van der Waals surface area (Å²) < 4.78 is 10.3. The molecule has 1 aromatic heterocycles. The van der Waals surface area contributed by atoms with Crippen molar-refractivity contribution in [3.8, 4) is 0 Å². The van der Waals surface area contributed by atoms with Gasteiger partial charge in [-0.15, -0.1) is 0 Å². The molecule has 7 heteroatoms. The number of piperazine rings is 2. The molecule has 1 amide bonds. The molecule has 0 aromatic carbocycles. The highest BCUT2D eigenvalue weighted by Crippen LogP contribution is 2.20. The Kier molecular flexibility index (Phi) is 4.46. The summed E-state index contributed by atoms with van der Waals surface area (Å²) in [6.45, 7) is 7.78. The third kappa shape index (κ3) is 2.88. The van der Waals surface area contributed by atoms with Crippen LogP contribution in [0, 0.1) is 6.92 Å². The molecule has 3 rings (SSSR count). The van der Waals surface area contributed by atoms with E-state index in [1.54, 1.807) is 7.11 Å². The van der Waals surface area contributed by atoms with E-state index >= 15 is 0 Å². The normalized spacial score (nSPS) is 23.6. The zero-order chi connectivity index (χ0) is 15.7. The maximum absolute atomic E-state index is 12.8. The van der Waals surface area contributed by atoms with Gasteiger partial charge in [0.1, 0.15) is 5.76 Å². The standard InChI is InChI=1S/C15H24N4O3/c1-11-13(10-21-3)14(16-22-11)15(20)19-7-6-18-5-4-17(2)8-12(18)9-19/h12H,4-10H2,1-3H3. The second kappa shape index (κ2) is 6.36. The molecule has 1 unspecified atom stereocenters. The highest BCUT2D eigenvalue weighted by atomic mass is 16.5. The number of hydrogen-bond donors (Lipinski definition) is 0. The van der Waals surface area contributed by atoms with Crippen LogP contribution in [0.2, 0.25) is 0 Å². The number of aromatic nitrogens is 1. The van der Waals surface area contributed by atoms with Gasteiger partial charge in [0.15, 0.2) is 5.69 Å². The monoisotopic (exact) mass is 308 g/mol. The Balaban J connectivity index is 1.73. The number of carbonyl (C=O) groups excluding carboxylic acids is 1. The summed E-state index contributed by atoms with van der Waals surface area (Å²) >= 11 is 0. The van der Waals surface area contributed by atoms with Gasteiger partial charge < -0.3 is 19.1 Å². The minimum atomic E-state index is -0.0447. The summed E-state index contributed by atoms with van der Waals surface area (Å²) in [6, 6.07) is 0.412. The number of hydrogen-bond acceptors (Lipinski definition) is 6. The Morgan fingerprint density at radius 1 is 1.32 bits per heavy atom. The van der Waals surface area contributed by atoms with E-state index in [1.807, 2.05) is 11.8 Å². The van der Waals surface area contributed by atoms with Crippen LogP contribution in [0.3, 0.4) is 0 Å². The fourth-order valence-electron chi connectivity index (χ4n) is 3.32. The molecular weight excluding hydrogens is 284 g/mol. The minimum Gasteiger partial charge on any atom is -0.380 e. The number of amides is 1. The van der Waals surface area contributed by atoms with Gasteiger partial charge in [0.2, 0.25) is 0 Å². The van der Waals surface area contributed by atoms with Crippen LogP contribution in [0.25, 0.3) is 0 Å². The molecule has 22 heavy (non-hydrogen) atoms. The van der Waals surface area contributed by atoms with Crippen LogP contribution >= 0.6 is 0 Å². The summed E-state index contributed by atoms with van der Waals surface area (Å²) in [6.07, 6.45) is 0. The fraction of sp³-hybridized carbons (Fsp3) is 0.733. The topological polar surface area (TPSA) is 62.1 Å². The van der Waals surface area contributed by atoms with Crippen LogP contribution in [-0.4, -0.2) is 85.2 Å². The first-order valence-corrected chi connectivity index (χ1v) is 7.76. The van der Waals surface area contributed by atoms with Crippen molar-refractivity contribution in [3.63, 3.8) is 0 Å². The first-order valence-electron chi connectivity index (χ1n) is 7.76. The average molecular weight is 308 g/mol. The van der Waals surface area contributed by atoms with E-state index in [4.69, 9.17) is 9.26 Å². The number of rotatable bonds is 3. The van der Waals surface area contributed by atoms with Gasteiger partial charge in [-0.25, -0.2) is 0 Å². The largest absolute Gasteiger partial charge is 0.380 e. The van der Waals surface area contributed by atoms with Gasteiger partial charge in [-0.2, -0.15) is 0 Å². The average Bonchev–Trinajstić information content (AvgIpc) is 2.87. The molecule has 0 N–H and O–H groups in total. The zero-order valence-corrected chi connectivity index (χ0v) is 13.5. The molecule has 0 spiro atoms. The second-order valence-corrected chi connectivity index (χ2v) is 6.20. The van der Waals surface area contributed by atoms with Crippen molar-refractivity contribution in [2.75, 3.05) is 53.4 Å². The molecule has 2 saturated heterocycles. The molecule has 0 radical (unpaired) electrons. The van der Waals surface area contributed by atoms with Crippen LogP contribution < -0.4 is 0 Å². The summed E-state index contributed by atoms with van der Waals surface area (Å²) in [7, 11) is 3.74. The Bertz CT molecular complexity index is 545. The third-order valence-corrected chi connectivity index (χ3v) is 4.66. The van der Waals surface area contributed by atoms with E-state index in [-0.39, 0.29) is 5.91 Å². The van der Waals surface area contributed by atoms with E-state index < -0.39 is 0 Å². The first kappa shape index (κ1) is 15.5. The van der Waals surface area contributed by atoms with Gasteiger partial charge >= 0.3 is 0 Å². The van der Waals surface area contributed by atoms with Gasteiger partial charge in [0.05, 0.1) is 12.2 Å². The van der Waals surface area contributed by atoms with E-state index in [0.717, 1.165) is 44.8 Å². The number of nitrogens with zero attached hydrogens (tertiary/aromatic N) is 4. The highest BCUT2D eigenvalue weighted by molar-refractivity contribution is 5.93. The van der Waals surface area contributed by atoms with Crippen LogP contribution in [0.1, 0.15) is 21.8 Å². The molecule has 2 aliphatic rings. The van der Waals surface area contributed by atoms with Crippen molar-refractivity contribution in [2.45, 2.75) is 19.6 Å². The first-order chi connectivity index (χ1) is 10.6. The number of ether oxygens (including phenoxy) is 1. The number of likely N-dealkylation sites (N-methyl/N-ethyl adjacent to an activating group) is 1. The van der Waals surface area contributed by atoms with Crippen LogP contribution in [0.4, 0.5) is 0 Å². The zero-order valence-electron chi connectivity index (χ0n) is 13.5. The Labute approximate surface area is 130 Å². The van der Waals surface area contributed by atoms with Gasteiger partial charge in [0, 0.05) is 52.4 Å². The van der Waals surface area contributed by atoms with E-state index in [0.29, 0.717) is 24.1 Å². The van der Waals surface area contributed by atoms with Gasteiger partial charge in [-0.3, -0.25) is 9.69 Å². The predicted octanol–water partition coefficient (Wildman–Crippen LogP) is 0.201. The smallest absolute Gasteiger partial charge is 0.276 e. The lowest BCUT2D eigenvalue weighted by molar-refractivity contribution is 0.0183. The Morgan fingerprint density at radius 3 is 2.86 bits per heavy atom. The Morgan fingerprint density at radius 2 is 2.09 bits per heavy atom.